The highest BCUT2D eigenvalue weighted by Gasteiger charge is 2.04. The van der Waals surface area contributed by atoms with Gasteiger partial charge in [-0.25, -0.2) is 0 Å². The van der Waals surface area contributed by atoms with E-state index in [2.05, 4.69) is 86.6 Å². The molecule has 0 N–H and O–H groups in total. The van der Waals surface area contributed by atoms with E-state index >= 15 is 0 Å². The Morgan fingerprint density at radius 1 is 0.419 bits per heavy atom. The van der Waals surface area contributed by atoms with Gasteiger partial charge in [0.1, 0.15) is 0 Å². The van der Waals surface area contributed by atoms with Crippen molar-refractivity contribution >= 4 is 21.5 Å². The highest BCUT2D eigenvalue weighted by molar-refractivity contribution is 5.99. The van der Waals surface area contributed by atoms with E-state index in [9.17, 15) is 0 Å². The van der Waals surface area contributed by atoms with E-state index in [0.717, 1.165) is 6.42 Å². The van der Waals surface area contributed by atoms with Crippen molar-refractivity contribution in [1.82, 2.24) is 0 Å². The fraction of sp³-hybridized carbons (Fsp3) is 0.355. The van der Waals surface area contributed by atoms with Gasteiger partial charge in [-0.2, -0.15) is 0 Å². The van der Waals surface area contributed by atoms with Crippen LogP contribution in [0.1, 0.15) is 69.9 Å². The molecule has 0 aliphatic carbocycles. The van der Waals surface area contributed by atoms with Crippen LogP contribution in [-0.4, -0.2) is 0 Å². The van der Waals surface area contributed by atoms with Crippen LogP contribution in [0.2, 0.25) is 0 Å². The number of benzene rings is 4. The van der Waals surface area contributed by atoms with Crippen LogP contribution >= 0.6 is 0 Å². The van der Waals surface area contributed by atoms with Gasteiger partial charge in [0.15, 0.2) is 0 Å². The smallest absolute Gasteiger partial charge is 0.0171 e. The fourth-order valence-corrected chi connectivity index (χ4v) is 4.64. The van der Waals surface area contributed by atoms with Crippen molar-refractivity contribution in [1.29, 1.82) is 0 Å². The minimum atomic E-state index is 1.16. The molecule has 0 aromatic heterocycles. The van der Waals surface area contributed by atoms with Crippen molar-refractivity contribution in [2.45, 2.75) is 71.6 Å². The monoisotopic (exact) mass is 408 g/mol. The Kier molecular flexibility index (Phi) is 7.41. The normalized spacial score (nSPS) is 11.4. The molecule has 31 heavy (non-hydrogen) atoms. The Labute approximate surface area is 188 Å². The zero-order valence-corrected chi connectivity index (χ0v) is 19.3. The highest BCUT2D eigenvalue weighted by Crippen LogP contribution is 2.29. The molecule has 0 aliphatic rings. The van der Waals surface area contributed by atoms with Crippen LogP contribution in [0, 0.1) is 0 Å². The van der Waals surface area contributed by atoms with Crippen LogP contribution in [-0.2, 0) is 12.8 Å². The summed E-state index contributed by atoms with van der Waals surface area (Å²) < 4.78 is 0. The molecule has 0 heteroatoms. The number of fused-ring (bicyclic) bond motifs is 2. The van der Waals surface area contributed by atoms with Gasteiger partial charge in [-0.1, -0.05) is 107 Å². The first kappa shape index (κ1) is 21.6. The second-order valence-electron chi connectivity index (χ2n) is 9.06. The summed E-state index contributed by atoms with van der Waals surface area (Å²) in [5.41, 5.74) is 5.51. The van der Waals surface area contributed by atoms with Crippen molar-refractivity contribution in [3.63, 3.8) is 0 Å². The Morgan fingerprint density at radius 3 is 1.77 bits per heavy atom. The fourth-order valence-electron chi connectivity index (χ4n) is 4.64. The standard InChI is InChI=1S/C31H36/c1-3-5-6-7-8-9-11-25-14-17-28-23-31-21-27(18-19-29(31)22-30(28)20-25)26-15-12-24(10-4-2)13-16-26/h12-23H,3-11H2,1-2H3. The van der Waals surface area contributed by atoms with E-state index in [-0.39, 0.29) is 0 Å². The summed E-state index contributed by atoms with van der Waals surface area (Å²) >= 11 is 0. The minimum absolute atomic E-state index is 1.16. The summed E-state index contributed by atoms with van der Waals surface area (Å²) in [6, 6.07) is 27.7. The van der Waals surface area contributed by atoms with Crippen molar-refractivity contribution < 1.29 is 0 Å². The molecule has 0 nitrogen and oxygen atoms in total. The van der Waals surface area contributed by atoms with E-state index < -0.39 is 0 Å². The molecule has 4 rings (SSSR count). The van der Waals surface area contributed by atoms with Gasteiger partial charge in [0.2, 0.25) is 0 Å². The second-order valence-corrected chi connectivity index (χ2v) is 9.06. The molecular weight excluding hydrogens is 372 g/mol. The molecule has 0 bridgehead atoms. The van der Waals surface area contributed by atoms with Crippen LogP contribution < -0.4 is 0 Å². The lowest BCUT2D eigenvalue weighted by atomic mass is 9.96. The van der Waals surface area contributed by atoms with E-state index in [4.69, 9.17) is 0 Å². The third-order valence-electron chi connectivity index (χ3n) is 6.50. The summed E-state index contributed by atoms with van der Waals surface area (Å²) in [5, 5.41) is 5.36. The van der Waals surface area contributed by atoms with Gasteiger partial charge in [-0.05, 0) is 81.3 Å². The number of aryl methyl sites for hydroxylation is 2. The van der Waals surface area contributed by atoms with Crippen LogP contribution in [0.25, 0.3) is 32.7 Å². The van der Waals surface area contributed by atoms with Gasteiger partial charge in [-0.3, -0.25) is 0 Å². The molecule has 0 saturated carbocycles. The molecule has 4 aromatic carbocycles. The topological polar surface area (TPSA) is 0 Å². The van der Waals surface area contributed by atoms with Gasteiger partial charge in [0, 0.05) is 0 Å². The Bertz CT molecular complexity index is 1120. The summed E-state index contributed by atoms with van der Waals surface area (Å²) in [5.74, 6) is 0. The molecule has 0 spiro atoms. The predicted molar refractivity (Wildman–Crippen MR) is 138 cm³/mol. The molecule has 0 fully saturated rings. The lowest BCUT2D eigenvalue weighted by Gasteiger charge is -2.09. The largest absolute Gasteiger partial charge is 0.0654 e. The van der Waals surface area contributed by atoms with E-state index in [1.54, 1.807) is 0 Å². The molecule has 0 saturated heterocycles. The summed E-state index contributed by atoms with van der Waals surface area (Å²) in [7, 11) is 0. The molecule has 0 aliphatic heterocycles. The summed E-state index contributed by atoms with van der Waals surface area (Å²) in [6.45, 7) is 4.52. The van der Waals surface area contributed by atoms with E-state index in [1.807, 2.05) is 0 Å². The zero-order valence-electron chi connectivity index (χ0n) is 19.3. The second kappa shape index (κ2) is 10.6. The van der Waals surface area contributed by atoms with Crippen molar-refractivity contribution in [2.24, 2.45) is 0 Å². The SMILES string of the molecule is CCCCCCCCc1ccc2cc3cc(-c4ccc(CCC)cc4)ccc3cc2c1. The number of unbranched alkanes of at least 4 members (excludes halogenated alkanes) is 5. The average Bonchev–Trinajstić information content (AvgIpc) is 2.80. The van der Waals surface area contributed by atoms with Crippen molar-refractivity contribution in [2.75, 3.05) is 0 Å². The molecule has 0 heterocycles. The van der Waals surface area contributed by atoms with Crippen LogP contribution in [0.4, 0.5) is 0 Å². The predicted octanol–water partition coefficient (Wildman–Crippen LogP) is 9.52. The lowest BCUT2D eigenvalue weighted by Crippen LogP contribution is -1.87. The number of hydrogen-bond donors (Lipinski definition) is 0. The molecule has 0 radical (unpaired) electrons. The maximum atomic E-state index is 2.40. The van der Waals surface area contributed by atoms with Crippen molar-refractivity contribution in [3.05, 3.63) is 83.9 Å². The average molecular weight is 409 g/mol. The van der Waals surface area contributed by atoms with Crippen LogP contribution in [0.3, 0.4) is 0 Å². The molecule has 0 atom stereocenters. The molecule has 0 unspecified atom stereocenters. The van der Waals surface area contributed by atoms with Gasteiger partial charge in [-0.15, -0.1) is 0 Å². The first-order chi connectivity index (χ1) is 15.3. The summed E-state index contributed by atoms with van der Waals surface area (Å²) in [4.78, 5) is 0. The summed E-state index contributed by atoms with van der Waals surface area (Å²) in [6.07, 6.45) is 11.7. The number of rotatable bonds is 10. The minimum Gasteiger partial charge on any atom is -0.0654 e. The molecule has 4 aromatic rings. The third kappa shape index (κ3) is 5.56. The Morgan fingerprint density at radius 2 is 1.03 bits per heavy atom. The highest BCUT2D eigenvalue weighted by atomic mass is 14.1. The molecular formula is C31H36. The third-order valence-corrected chi connectivity index (χ3v) is 6.50. The van der Waals surface area contributed by atoms with Gasteiger partial charge in [0.25, 0.3) is 0 Å². The Balaban J connectivity index is 1.50. The van der Waals surface area contributed by atoms with Crippen LogP contribution in [0.5, 0.6) is 0 Å². The first-order valence-electron chi connectivity index (χ1n) is 12.3. The molecule has 0 amide bonds. The van der Waals surface area contributed by atoms with Crippen LogP contribution in [0.15, 0.2) is 72.8 Å². The lowest BCUT2D eigenvalue weighted by molar-refractivity contribution is 0.607. The van der Waals surface area contributed by atoms with E-state index in [0.29, 0.717) is 0 Å². The van der Waals surface area contributed by atoms with Gasteiger partial charge < -0.3 is 0 Å². The first-order valence-corrected chi connectivity index (χ1v) is 12.3. The maximum absolute atomic E-state index is 2.40. The number of hydrogen-bond acceptors (Lipinski definition) is 0. The van der Waals surface area contributed by atoms with E-state index in [1.165, 1.54) is 95.2 Å². The van der Waals surface area contributed by atoms with Gasteiger partial charge in [0.05, 0.1) is 0 Å². The maximum Gasteiger partial charge on any atom is -0.0171 e. The molecule has 160 valence electrons. The van der Waals surface area contributed by atoms with Crippen molar-refractivity contribution in [3.8, 4) is 11.1 Å². The van der Waals surface area contributed by atoms with Gasteiger partial charge >= 0.3 is 0 Å². The zero-order chi connectivity index (χ0) is 21.5. The Hall–Kier alpha value is -2.60. The quantitative estimate of drug-likeness (QED) is 0.181.